The van der Waals surface area contributed by atoms with Crippen molar-refractivity contribution < 1.29 is 9.47 Å². The van der Waals surface area contributed by atoms with E-state index < -0.39 is 0 Å². The molecule has 4 unspecified atom stereocenters. The van der Waals surface area contributed by atoms with E-state index in [1.807, 2.05) is 6.92 Å². The molecular weight excluding hydrogens is 795 g/mol. The quantitative estimate of drug-likeness (QED) is 0.0425. The molecule has 2 aliphatic carbocycles. The van der Waals surface area contributed by atoms with E-state index in [0.717, 1.165) is 82.9 Å². The zero-order valence-electron chi connectivity index (χ0n) is 46.4. The average Bonchev–Trinajstić information content (AvgIpc) is 3.22. The SMILES string of the molecule is CC1(C)CC(N)CC(C)(C)C1.CC1CCCC(CN)C1.CCCC(C)N.CCCCC(C)CN.CCCCCCCN.CCCCN.CCCOCCOCCN.CN(C)CCCN. The van der Waals surface area contributed by atoms with Gasteiger partial charge in [-0.25, -0.2) is 0 Å². The van der Waals surface area contributed by atoms with E-state index >= 15 is 0 Å². The summed E-state index contributed by atoms with van der Waals surface area (Å²) in [6, 6.07) is 0.823. The van der Waals surface area contributed by atoms with Gasteiger partial charge in [0.2, 0.25) is 0 Å². The molecule has 4 atom stereocenters. The molecule has 396 valence electrons. The van der Waals surface area contributed by atoms with Crippen LogP contribution in [0.15, 0.2) is 0 Å². The number of nitrogens with two attached hydrogens (primary N) is 8. The van der Waals surface area contributed by atoms with Crippen molar-refractivity contribution in [2.45, 2.75) is 230 Å². The largest absolute Gasteiger partial charge is 0.379 e. The maximum Gasteiger partial charge on any atom is 0.0701 e. The van der Waals surface area contributed by atoms with Crippen molar-refractivity contribution in [2.75, 3.05) is 86.3 Å². The van der Waals surface area contributed by atoms with Crippen LogP contribution in [0.2, 0.25) is 0 Å². The minimum Gasteiger partial charge on any atom is -0.379 e. The van der Waals surface area contributed by atoms with Gasteiger partial charge in [-0.3, -0.25) is 0 Å². The molecule has 16 N–H and O–H groups in total. The fourth-order valence-corrected chi connectivity index (χ4v) is 7.74. The van der Waals surface area contributed by atoms with Crippen molar-refractivity contribution in [1.82, 2.24) is 4.90 Å². The minimum absolute atomic E-state index is 0.398. The Balaban J connectivity index is -0.000000152. The van der Waals surface area contributed by atoms with Crippen molar-refractivity contribution in [3.63, 3.8) is 0 Å². The first kappa shape index (κ1) is 75.1. The second kappa shape index (κ2) is 58.7. The van der Waals surface area contributed by atoms with Gasteiger partial charge in [0.1, 0.15) is 0 Å². The van der Waals surface area contributed by atoms with E-state index in [2.05, 4.69) is 95.2 Å². The Morgan fingerprint density at radius 3 is 1.42 bits per heavy atom. The molecule has 0 heterocycles. The molecule has 0 bridgehead atoms. The molecule has 11 heteroatoms. The van der Waals surface area contributed by atoms with Crippen molar-refractivity contribution in [3.05, 3.63) is 0 Å². The normalized spacial score (nSPS) is 18.0. The molecular formula is C53H127N9O2. The van der Waals surface area contributed by atoms with Crippen LogP contribution in [0.1, 0.15) is 218 Å². The van der Waals surface area contributed by atoms with Gasteiger partial charge in [-0.2, -0.15) is 0 Å². The maximum atomic E-state index is 5.99. The molecule has 2 fully saturated rings. The van der Waals surface area contributed by atoms with E-state index in [9.17, 15) is 0 Å². The lowest BCUT2D eigenvalue weighted by Gasteiger charge is -2.43. The van der Waals surface area contributed by atoms with Crippen LogP contribution in [0.4, 0.5) is 0 Å². The Labute approximate surface area is 403 Å². The molecule has 0 amide bonds. The topological polar surface area (TPSA) is 230 Å². The van der Waals surface area contributed by atoms with Crippen LogP contribution >= 0.6 is 0 Å². The molecule has 0 aromatic carbocycles. The fourth-order valence-electron chi connectivity index (χ4n) is 7.74. The van der Waals surface area contributed by atoms with E-state index in [0.29, 0.717) is 49.3 Å². The van der Waals surface area contributed by atoms with E-state index in [1.165, 1.54) is 116 Å². The van der Waals surface area contributed by atoms with E-state index in [-0.39, 0.29) is 0 Å². The molecule has 0 aromatic heterocycles. The highest BCUT2D eigenvalue weighted by atomic mass is 16.5. The van der Waals surface area contributed by atoms with Gasteiger partial charge in [0.15, 0.2) is 0 Å². The summed E-state index contributed by atoms with van der Waals surface area (Å²) in [6.07, 6.45) is 26.7. The number of hydrogen-bond acceptors (Lipinski definition) is 11. The third-order valence-electron chi connectivity index (χ3n) is 10.8. The first-order chi connectivity index (χ1) is 30.2. The fraction of sp³-hybridized carbons (Fsp3) is 1.00. The van der Waals surface area contributed by atoms with E-state index in [4.69, 9.17) is 55.3 Å². The highest BCUT2D eigenvalue weighted by Crippen LogP contribution is 2.44. The highest BCUT2D eigenvalue weighted by Gasteiger charge is 2.36. The van der Waals surface area contributed by atoms with Crippen molar-refractivity contribution in [2.24, 2.45) is 74.5 Å². The molecule has 0 aromatic rings. The van der Waals surface area contributed by atoms with Gasteiger partial charge in [-0.15, -0.1) is 0 Å². The molecule has 2 rings (SSSR count). The van der Waals surface area contributed by atoms with Gasteiger partial charge in [-0.1, -0.05) is 140 Å². The monoisotopic (exact) mass is 922 g/mol. The van der Waals surface area contributed by atoms with Crippen molar-refractivity contribution in [1.29, 1.82) is 0 Å². The number of ether oxygens (including phenoxy) is 2. The molecule has 2 aliphatic rings. The number of hydrogen-bond donors (Lipinski definition) is 8. The summed E-state index contributed by atoms with van der Waals surface area (Å²) in [5.41, 5.74) is 44.2. The molecule has 2 saturated carbocycles. The van der Waals surface area contributed by atoms with Gasteiger partial charge in [0.05, 0.1) is 19.8 Å². The molecule has 0 aliphatic heterocycles. The van der Waals surface area contributed by atoms with Gasteiger partial charge in [0, 0.05) is 25.2 Å². The van der Waals surface area contributed by atoms with Crippen LogP contribution in [0.3, 0.4) is 0 Å². The van der Waals surface area contributed by atoms with Crippen LogP contribution in [0, 0.1) is 28.6 Å². The second-order valence-electron chi connectivity index (χ2n) is 20.6. The number of nitrogens with zero attached hydrogens (tertiary/aromatic N) is 1. The summed E-state index contributed by atoms with van der Waals surface area (Å²) >= 11 is 0. The van der Waals surface area contributed by atoms with E-state index in [1.54, 1.807) is 0 Å². The smallest absolute Gasteiger partial charge is 0.0701 e. The zero-order chi connectivity index (χ0) is 50.5. The highest BCUT2D eigenvalue weighted by molar-refractivity contribution is 4.90. The molecule has 64 heavy (non-hydrogen) atoms. The Bertz CT molecular complexity index is 774. The molecule has 11 nitrogen and oxygen atoms in total. The van der Waals surface area contributed by atoms with Gasteiger partial charge in [-0.05, 0) is 160 Å². The zero-order valence-corrected chi connectivity index (χ0v) is 46.4. The van der Waals surface area contributed by atoms with Gasteiger partial charge < -0.3 is 60.2 Å². The minimum atomic E-state index is 0.398. The van der Waals surface area contributed by atoms with Crippen LogP contribution in [-0.2, 0) is 9.47 Å². The van der Waals surface area contributed by atoms with Crippen LogP contribution in [0.25, 0.3) is 0 Å². The van der Waals surface area contributed by atoms with Crippen LogP contribution < -0.4 is 45.9 Å². The van der Waals surface area contributed by atoms with Crippen LogP contribution in [0.5, 0.6) is 0 Å². The standard InChI is InChI=1S/C10H21N.C8H17N.C7H17NO2.2C7H17N.C5H14N2.C5H13N.C4H11N/c1-9(2)5-8(11)6-10(3,4)7-9;1-7-3-2-4-8(5-7)6-9;1-2-4-9-6-7-10-5-3-8;1-3-4-5-7(2)6-8;1-2-3-4-5-6-7-8;1-7(2)5-3-4-6;1-3-4-5(2)6;1-2-3-4-5/h8H,5-7,11H2,1-4H3;7-8H,2-6,9H2,1H3;2-8H2,1H3;7H,3-6,8H2,1-2H3;2-8H2,1H3;3-6H2,1-2H3;5H,3-4,6H2,1-2H3;2-5H2,1H3. The predicted octanol–water partition coefficient (Wildman–Crippen LogP) is 10.2. The summed E-state index contributed by atoms with van der Waals surface area (Å²) in [5, 5.41) is 0. The lowest BCUT2D eigenvalue weighted by molar-refractivity contribution is 0.0510. The predicted molar refractivity (Wildman–Crippen MR) is 291 cm³/mol. The Hall–Kier alpha value is -0.440. The summed E-state index contributed by atoms with van der Waals surface area (Å²) < 4.78 is 10.2. The lowest BCUT2D eigenvalue weighted by atomic mass is 9.64. The Morgan fingerprint density at radius 1 is 0.594 bits per heavy atom. The first-order valence-electron chi connectivity index (χ1n) is 26.7. The van der Waals surface area contributed by atoms with Crippen LogP contribution in [-0.4, -0.2) is 103 Å². The Morgan fingerprint density at radius 2 is 1.11 bits per heavy atom. The first-order valence-corrected chi connectivity index (χ1v) is 26.7. The van der Waals surface area contributed by atoms with Crippen molar-refractivity contribution in [3.8, 4) is 0 Å². The molecule has 0 spiro atoms. The molecule has 0 saturated heterocycles. The second-order valence-corrected chi connectivity index (χ2v) is 20.6. The molecule has 0 radical (unpaired) electrons. The lowest BCUT2D eigenvalue weighted by Crippen LogP contribution is -2.40. The van der Waals surface area contributed by atoms with Crippen molar-refractivity contribution >= 4 is 0 Å². The summed E-state index contributed by atoms with van der Waals surface area (Å²) in [4.78, 5) is 2.13. The Kier molecular flexibility index (Phi) is 68.8. The number of rotatable bonds is 24. The van der Waals surface area contributed by atoms with Gasteiger partial charge in [0.25, 0.3) is 0 Å². The maximum absolute atomic E-state index is 5.99. The third kappa shape index (κ3) is 75.8. The third-order valence-corrected chi connectivity index (χ3v) is 10.8. The summed E-state index contributed by atoms with van der Waals surface area (Å²) in [6.45, 7) is 35.5. The number of unbranched alkanes of at least 4 members (excludes halogenated alkanes) is 6. The van der Waals surface area contributed by atoms with Gasteiger partial charge >= 0.3 is 0 Å². The summed E-state index contributed by atoms with van der Waals surface area (Å²) in [5.74, 6) is 2.51. The average molecular weight is 923 g/mol. The summed E-state index contributed by atoms with van der Waals surface area (Å²) in [7, 11) is 4.10.